The molecular formula is C10H7ClN2O2. The summed E-state index contributed by atoms with van der Waals surface area (Å²) >= 11 is 5.81. The van der Waals surface area contributed by atoms with Gasteiger partial charge in [0.1, 0.15) is 5.69 Å². The molecule has 0 unspecified atom stereocenters. The van der Waals surface area contributed by atoms with Crippen LogP contribution in [-0.4, -0.2) is 21.0 Å². The molecule has 4 nitrogen and oxygen atoms in total. The molecular weight excluding hydrogens is 216 g/mol. The molecule has 0 amide bonds. The van der Waals surface area contributed by atoms with Crippen LogP contribution in [0.4, 0.5) is 0 Å². The first-order valence-corrected chi connectivity index (χ1v) is 4.59. The largest absolute Gasteiger partial charge is 0.477 e. The molecule has 0 fully saturated rings. The number of aromatic nitrogens is 2. The van der Waals surface area contributed by atoms with Gasteiger partial charge in [-0.25, -0.2) is 9.78 Å². The maximum absolute atomic E-state index is 10.8. The Hall–Kier alpha value is -1.81. The standard InChI is InChI=1S/C10H7ClN2O2/c11-7-3-1-2-6(4-7)8-9(10(14)15)13-5-12-8/h1-5H,(H,12,13)(H,14,15). The second-order valence-corrected chi connectivity index (χ2v) is 3.38. The highest BCUT2D eigenvalue weighted by Gasteiger charge is 2.14. The fraction of sp³-hybridized carbons (Fsp3) is 0. The Balaban J connectivity index is 2.54. The first kappa shape index (κ1) is 9.73. The lowest BCUT2D eigenvalue weighted by molar-refractivity contribution is 0.0692. The molecule has 0 aliphatic carbocycles. The average Bonchev–Trinajstić information content (AvgIpc) is 2.65. The Morgan fingerprint density at radius 2 is 2.27 bits per heavy atom. The molecule has 2 N–H and O–H groups in total. The van der Waals surface area contributed by atoms with Crippen LogP contribution in [0.5, 0.6) is 0 Å². The summed E-state index contributed by atoms with van der Waals surface area (Å²) in [5.74, 6) is -1.04. The second kappa shape index (κ2) is 3.74. The van der Waals surface area contributed by atoms with Gasteiger partial charge in [-0.15, -0.1) is 0 Å². The summed E-state index contributed by atoms with van der Waals surface area (Å²) < 4.78 is 0. The maximum atomic E-state index is 10.8. The van der Waals surface area contributed by atoms with Crippen molar-refractivity contribution in [3.63, 3.8) is 0 Å². The van der Waals surface area contributed by atoms with Crippen LogP contribution in [0.1, 0.15) is 10.5 Å². The first-order chi connectivity index (χ1) is 7.18. The van der Waals surface area contributed by atoms with E-state index in [1.54, 1.807) is 24.3 Å². The number of nitrogens with one attached hydrogen (secondary N) is 1. The highest BCUT2D eigenvalue weighted by molar-refractivity contribution is 6.30. The third kappa shape index (κ3) is 1.85. The van der Waals surface area contributed by atoms with Crippen LogP contribution in [0.3, 0.4) is 0 Å². The zero-order chi connectivity index (χ0) is 10.8. The number of rotatable bonds is 2. The molecule has 0 aliphatic rings. The Labute approximate surface area is 90.5 Å². The number of aromatic carboxylic acids is 1. The fourth-order valence-corrected chi connectivity index (χ4v) is 1.50. The Morgan fingerprint density at radius 1 is 1.47 bits per heavy atom. The summed E-state index contributed by atoms with van der Waals surface area (Å²) in [5, 5.41) is 9.43. The van der Waals surface area contributed by atoms with Crippen molar-refractivity contribution < 1.29 is 9.90 Å². The summed E-state index contributed by atoms with van der Waals surface area (Å²) in [5.41, 5.74) is 1.14. The SMILES string of the molecule is O=C(O)c1[nH]cnc1-c1cccc(Cl)c1. The van der Waals surface area contributed by atoms with Gasteiger partial charge in [0.2, 0.25) is 0 Å². The van der Waals surface area contributed by atoms with E-state index in [1.165, 1.54) is 6.33 Å². The number of carbonyl (C=O) groups is 1. The molecule has 15 heavy (non-hydrogen) atoms. The van der Waals surface area contributed by atoms with Gasteiger partial charge >= 0.3 is 5.97 Å². The molecule has 76 valence electrons. The van der Waals surface area contributed by atoms with Gasteiger partial charge in [0.05, 0.1) is 6.33 Å². The van der Waals surface area contributed by atoms with Crippen molar-refractivity contribution in [1.82, 2.24) is 9.97 Å². The summed E-state index contributed by atoms with van der Waals surface area (Å²) in [7, 11) is 0. The predicted molar refractivity (Wildman–Crippen MR) is 56.0 cm³/mol. The molecule has 0 saturated heterocycles. The molecule has 0 atom stereocenters. The van der Waals surface area contributed by atoms with Crippen molar-refractivity contribution in [3.8, 4) is 11.3 Å². The normalized spacial score (nSPS) is 10.2. The molecule has 1 aromatic heterocycles. The first-order valence-electron chi connectivity index (χ1n) is 4.21. The van der Waals surface area contributed by atoms with E-state index in [9.17, 15) is 4.79 Å². The Morgan fingerprint density at radius 3 is 2.93 bits per heavy atom. The van der Waals surface area contributed by atoms with Crippen molar-refractivity contribution in [3.05, 3.63) is 41.3 Å². The number of aromatic amines is 1. The number of hydrogen-bond donors (Lipinski definition) is 2. The molecule has 2 aromatic rings. The minimum absolute atomic E-state index is 0.0669. The molecule has 1 heterocycles. The monoisotopic (exact) mass is 222 g/mol. The highest BCUT2D eigenvalue weighted by Crippen LogP contribution is 2.23. The van der Waals surface area contributed by atoms with E-state index in [4.69, 9.17) is 16.7 Å². The van der Waals surface area contributed by atoms with Crippen LogP contribution in [-0.2, 0) is 0 Å². The summed E-state index contributed by atoms with van der Waals surface area (Å²) in [6.07, 6.45) is 1.35. The van der Waals surface area contributed by atoms with Gasteiger partial charge in [-0.2, -0.15) is 0 Å². The highest BCUT2D eigenvalue weighted by atomic mass is 35.5. The maximum Gasteiger partial charge on any atom is 0.354 e. The van der Waals surface area contributed by atoms with E-state index >= 15 is 0 Å². The minimum atomic E-state index is -1.04. The lowest BCUT2D eigenvalue weighted by Gasteiger charge is -1.99. The van der Waals surface area contributed by atoms with E-state index in [2.05, 4.69) is 9.97 Å². The van der Waals surface area contributed by atoms with Crippen molar-refractivity contribution in [1.29, 1.82) is 0 Å². The quantitative estimate of drug-likeness (QED) is 0.820. The third-order valence-electron chi connectivity index (χ3n) is 1.95. The van der Waals surface area contributed by atoms with Gasteiger partial charge in [0, 0.05) is 10.6 Å². The van der Waals surface area contributed by atoms with Crippen LogP contribution < -0.4 is 0 Å². The number of benzene rings is 1. The minimum Gasteiger partial charge on any atom is -0.477 e. The van der Waals surface area contributed by atoms with Crippen LogP contribution in [0.2, 0.25) is 5.02 Å². The molecule has 2 rings (SSSR count). The van der Waals surface area contributed by atoms with Gasteiger partial charge in [-0.1, -0.05) is 23.7 Å². The van der Waals surface area contributed by atoms with Gasteiger partial charge in [0.15, 0.2) is 5.69 Å². The molecule has 0 bridgehead atoms. The number of halogens is 1. The van der Waals surface area contributed by atoms with E-state index in [-0.39, 0.29) is 5.69 Å². The van der Waals surface area contributed by atoms with Gasteiger partial charge in [-0.3, -0.25) is 0 Å². The zero-order valence-corrected chi connectivity index (χ0v) is 8.32. The van der Waals surface area contributed by atoms with Crippen molar-refractivity contribution in [2.45, 2.75) is 0 Å². The predicted octanol–water partition coefficient (Wildman–Crippen LogP) is 2.43. The number of carboxylic acids is 1. The van der Waals surface area contributed by atoms with Gasteiger partial charge in [-0.05, 0) is 12.1 Å². The van der Waals surface area contributed by atoms with Crippen LogP contribution in [0.15, 0.2) is 30.6 Å². The van der Waals surface area contributed by atoms with E-state index < -0.39 is 5.97 Å². The zero-order valence-electron chi connectivity index (χ0n) is 7.57. The van der Waals surface area contributed by atoms with E-state index in [0.29, 0.717) is 16.3 Å². The molecule has 0 aliphatic heterocycles. The number of H-pyrrole nitrogens is 1. The van der Waals surface area contributed by atoms with Crippen LogP contribution >= 0.6 is 11.6 Å². The van der Waals surface area contributed by atoms with E-state index in [1.807, 2.05) is 0 Å². The van der Waals surface area contributed by atoms with Crippen LogP contribution in [0, 0.1) is 0 Å². The fourth-order valence-electron chi connectivity index (χ4n) is 1.31. The number of imidazole rings is 1. The molecule has 0 saturated carbocycles. The molecule has 0 radical (unpaired) electrons. The van der Waals surface area contributed by atoms with Gasteiger partial charge in [0.25, 0.3) is 0 Å². The lowest BCUT2D eigenvalue weighted by atomic mass is 10.1. The average molecular weight is 223 g/mol. The molecule has 5 heteroatoms. The summed E-state index contributed by atoms with van der Waals surface area (Å²) in [6, 6.07) is 6.90. The van der Waals surface area contributed by atoms with Gasteiger partial charge < -0.3 is 10.1 Å². The van der Waals surface area contributed by atoms with E-state index in [0.717, 1.165) is 0 Å². The third-order valence-corrected chi connectivity index (χ3v) is 2.19. The Bertz CT molecular complexity index is 508. The number of nitrogens with zero attached hydrogens (tertiary/aromatic N) is 1. The topological polar surface area (TPSA) is 66.0 Å². The van der Waals surface area contributed by atoms with Crippen molar-refractivity contribution >= 4 is 17.6 Å². The number of hydrogen-bond acceptors (Lipinski definition) is 2. The lowest BCUT2D eigenvalue weighted by Crippen LogP contribution is -1.98. The second-order valence-electron chi connectivity index (χ2n) is 2.94. The Kier molecular flexibility index (Phi) is 2.43. The summed E-state index contributed by atoms with van der Waals surface area (Å²) in [6.45, 7) is 0. The number of carboxylic acid groups (broad SMARTS) is 1. The smallest absolute Gasteiger partial charge is 0.354 e. The molecule has 1 aromatic carbocycles. The molecule has 0 spiro atoms. The van der Waals surface area contributed by atoms with Crippen molar-refractivity contribution in [2.75, 3.05) is 0 Å². The van der Waals surface area contributed by atoms with Crippen molar-refractivity contribution in [2.24, 2.45) is 0 Å². The summed E-state index contributed by atoms with van der Waals surface area (Å²) in [4.78, 5) is 17.4. The van der Waals surface area contributed by atoms with Crippen LogP contribution in [0.25, 0.3) is 11.3 Å².